The number of aromatic nitrogens is 3. The molecule has 4 aromatic rings. The second kappa shape index (κ2) is 12.9. The van der Waals surface area contributed by atoms with Gasteiger partial charge in [0, 0.05) is 23.4 Å². The Morgan fingerprint density at radius 2 is 1.66 bits per heavy atom. The molecule has 11 nitrogen and oxygen atoms in total. The summed E-state index contributed by atoms with van der Waals surface area (Å²) in [4.78, 5) is 19.6. The van der Waals surface area contributed by atoms with E-state index in [0.717, 1.165) is 9.54 Å². The average Bonchev–Trinajstić information content (AvgIpc) is 3.28. The van der Waals surface area contributed by atoms with Crippen molar-refractivity contribution in [2.45, 2.75) is 43.5 Å². The standard InChI is InChI=1S/C27H29N3O8S2.Na/c1-15-9-20(38-13-24(31)32)10-16(2)26(15)40(34,35)30-23-8-7-19(36-5)11-21(23)29-27(30)39(33)14-22-18(4)25(37-6)17(3)12-28-22;/h7-12H,13-14H2,1-6H3,(H,31,32);/q;+1/p-1. The van der Waals surface area contributed by atoms with Crippen molar-refractivity contribution in [1.29, 1.82) is 0 Å². The van der Waals surface area contributed by atoms with Gasteiger partial charge < -0.3 is 24.1 Å². The number of fused-ring (bicyclic) bond motifs is 1. The van der Waals surface area contributed by atoms with E-state index in [2.05, 4.69) is 9.97 Å². The summed E-state index contributed by atoms with van der Waals surface area (Å²) in [5.74, 6) is -0.270. The number of carbonyl (C=O) groups excluding carboxylic acids is 1. The molecule has 1 unspecified atom stereocenters. The van der Waals surface area contributed by atoms with E-state index in [-0.39, 0.29) is 62.1 Å². The van der Waals surface area contributed by atoms with Crippen molar-refractivity contribution in [1.82, 2.24) is 13.9 Å². The smallest absolute Gasteiger partial charge is 0.546 e. The molecule has 212 valence electrons. The zero-order valence-corrected chi connectivity index (χ0v) is 27.4. The number of carbonyl (C=O) groups is 1. The Balaban J connectivity index is 0.00000462. The fourth-order valence-corrected chi connectivity index (χ4v) is 8.03. The number of aryl methyl sites for hydroxylation is 3. The summed E-state index contributed by atoms with van der Waals surface area (Å²) in [6.07, 6.45) is 1.61. The van der Waals surface area contributed by atoms with Crippen LogP contribution in [0.15, 0.2) is 46.6 Å². The molecule has 2 aromatic heterocycles. The monoisotopic (exact) mass is 609 g/mol. The van der Waals surface area contributed by atoms with Gasteiger partial charge in [-0.05, 0) is 63.1 Å². The van der Waals surface area contributed by atoms with Crippen LogP contribution in [0.25, 0.3) is 11.0 Å². The Morgan fingerprint density at radius 3 is 2.24 bits per heavy atom. The molecule has 0 aliphatic carbocycles. The van der Waals surface area contributed by atoms with Gasteiger partial charge in [-0.3, -0.25) is 9.19 Å². The summed E-state index contributed by atoms with van der Waals surface area (Å²) < 4.78 is 59.2. The van der Waals surface area contributed by atoms with Gasteiger partial charge in [0.25, 0.3) is 10.0 Å². The van der Waals surface area contributed by atoms with Gasteiger partial charge in [0.05, 0.1) is 58.4 Å². The van der Waals surface area contributed by atoms with Gasteiger partial charge in [0.15, 0.2) is 0 Å². The normalized spacial score (nSPS) is 12.0. The zero-order chi connectivity index (χ0) is 29.4. The molecule has 4 rings (SSSR count). The number of nitrogens with zero attached hydrogens (tertiary/aromatic N) is 3. The van der Waals surface area contributed by atoms with E-state index in [4.69, 9.17) is 14.2 Å². The molecular weight excluding hydrogens is 581 g/mol. The fourth-order valence-electron chi connectivity index (χ4n) is 4.56. The van der Waals surface area contributed by atoms with Crippen molar-refractivity contribution in [3.05, 3.63) is 64.5 Å². The Hall–Kier alpha value is -2.97. The van der Waals surface area contributed by atoms with E-state index in [0.29, 0.717) is 33.9 Å². The van der Waals surface area contributed by atoms with Crippen LogP contribution >= 0.6 is 0 Å². The number of carboxylic acids is 1. The van der Waals surface area contributed by atoms with E-state index in [1.54, 1.807) is 45.2 Å². The van der Waals surface area contributed by atoms with Gasteiger partial charge in [0.1, 0.15) is 23.9 Å². The van der Waals surface area contributed by atoms with Crippen LogP contribution in [0.5, 0.6) is 17.2 Å². The van der Waals surface area contributed by atoms with Gasteiger partial charge in [-0.1, -0.05) is 0 Å². The Labute approximate surface area is 262 Å². The molecule has 0 bridgehead atoms. The third kappa shape index (κ3) is 6.44. The molecule has 0 saturated carbocycles. The van der Waals surface area contributed by atoms with Crippen LogP contribution in [0.4, 0.5) is 0 Å². The first-order chi connectivity index (χ1) is 18.9. The second-order valence-electron chi connectivity index (χ2n) is 9.10. The molecule has 0 amide bonds. The summed E-state index contributed by atoms with van der Waals surface area (Å²) >= 11 is 0. The van der Waals surface area contributed by atoms with Crippen molar-refractivity contribution in [3.8, 4) is 17.2 Å². The fraction of sp³-hybridized carbons (Fsp3) is 0.296. The minimum atomic E-state index is -4.36. The molecule has 0 N–H and O–H groups in total. The van der Waals surface area contributed by atoms with Crippen molar-refractivity contribution >= 4 is 37.8 Å². The second-order valence-corrected chi connectivity index (χ2v) is 12.2. The number of rotatable bonds is 10. The molecule has 0 aliphatic rings. The molecule has 1 atom stereocenters. The SMILES string of the molecule is COc1ccc2c(c1)nc(S(=O)Cc1ncc(C)c(OC)c1C)n2S(=O)(=O)c1c(C)cc(OCC(=O)[O-])cc1C.[Na+]. The average molecular weight is 610 g/mol. The minimum absolute atomic E-state index is 0. The number of hydrogen-bond acceptors (Lipinski definition) is 10. The summed E-state index contributed by atoms with van der Waals surface area (Å²) in [6, 6.07) is 7.55. The zero-order valence-electron chi connectivity index (χ0n) is 23.8. The maximum absolute atomic E-state index is 14.2. The number of aliphatic carboxylic acids is 1. The minimum Gasteiger partial charge on any atom is -0.546 e. The third-order valence-electron chi connectivity index (χ3n) is 6.30. The molecule has 2 aromatic carbocycles. The quantitative estimate of drug-likeness (QED) is 0.213. The summed E-state index contributed by atoms with van der Waals surface area (Å²) in [5.41, 5.74) is 3.10. The number of hydrogen-bond donors (Lipinski definition) is 0. The van der Waals surface area contributed by atoms with E-state index in [1.165, 1.54) is 26.4 Å². The molecule has 2 heterocycles. The van der Waals surface area contributed by atoms with Crippen molar-refractivity contribution in [3.63, 3.8) is 0 Å². The van der Waals surface area contributed by atoms with Gasteiger partial charge in [-0.15, -0.1) is 0 Å². The van der Waals surface area contributed by atoms with E-state index in [1.807, 2.05) is 6.92 Å². The topological polar surface area (TPSA) is 150 Å². The van der Waals surface area contributed by atoms with Crippen molar-refractivity contribution in [2.75, 3.05) is 20.8 Å². The Bertz CT molecular complexity index is 1750. The van der Waals surface area contributed by atoms with Crippen LogP contribution in [-0.2, 0) is 31.4 Å². The number of pyridine rings is 1. The van der Waals surface area contributed by atoms with Crippen LogP contribution in [0.3, 0.4) is 0 Å². The van der Waals surface area contributed by atoms with Gasteiger partial charge >= 0.3 is 29.6 Å². The molecular formula is C27H28N3NaO8S2. The first-order valence-corrected chi connectivity index (χ1v) is 14.8. The number of methoxy groups -OCH3 is 2. The Morgan fingerprint density at radius 1 is 1.00 bits per heavy atom. The number of imidazole rings is 1. The molecule has 14 heteroatoms. The van der Waals surface area contributed by atoms with Gasteiger partial charge in [-0.25, -0.2) is 17.4 Å². The summed E-state index contributed by atoms with van der Waals surface area (Å²) in [6.45, 7) is 6.09. The van der Waals surface area contributed by atoms with Crippen LogP contribution in [0.2, 0.25) is 0 Å². The van der Waals surface area contributed by atoms with Crippen LogP contribution in [0, 0.1) is 27.7 Å². The third-order valence-corrected chi connectivity index (χ3v) is 9.64. The molecule has 0 spiro atoms. The molecule has 0 aliphatic heterocycles. The molecule has 0 saturated heterocycles. The largest absolute Gasteiger partial charge is 1.00 e. The summed E-state index contributed by atoms with van der Waals surface area (Å²) in [7, 11) is -3.29. The first-order valence-electron chi connectivity index (χ1n) is 12.0. The van der Waals surface area contributed by atoms with Crippen LogP contribution in [0.1, 0.15) is 27.9 Å². The maximum Gasteiger partial charge on any atom is 1.00 e. The van der Waals surface area contributed by atoms with Crippen molar-refractivity contribution < 1.29 is 66.3 Å². The Kier molecular flexibility index (Phi) is 10.2. The predicted molar refractivity (Wildman–Crippen MR) is 146 cm³/mol. The van der Waals surface area contributed by atoms with Gasteiger partial charge in [-0.2, -0.15) is 0 Å². The molecule has 41 heavy (non-hydrogen) atoms. The number of ether oxygens (including phenoxy) is 3. The number of benzene rings is 2. The van der Waals surface area contributed by atoms with Crippen LogP contribution < -0.4 is 48.9 Å². The summed E-state index contributed by atoms with van der Waals surface area (Å²) in [5, 5.41) is 10.6. The molecule has 0 radical (unpaired) electrons. The molecule has 0 fully saturated rings. The van der Waals surface area contributed by atoms with E-state index >= 15 is 0 Å². The maximum atomic E-state index is 14.2. The van der Waals surface area contributed by atoms with E-state index in [9.17, 15) is 22.5 Å². The predicted octanol–water partition coefficient (Wildman–Crippen LogP) is -0.640. The van der Waals surface area contributed by atoms with Crippen LogP contribution in [-0.4, -0.2) is 53.4 Å². The number of carboxylic acid groups (broad SMARTS) is 1. The first kappa shape index (κ1) is 32.5. The van der Waals surface area contributed by atoms with Crippen molar-refractivity contribution in [2.24, 2.45) is 0 Å². The van der Waals surface area contributed by atoms with E-state index < -0.39 is 33.4 Å². The van der Waals surface area contributed by atoms with Gasteiger partial charge in [0.2, 0.25) is 5.16 Å².